The highest BCUT2D eigenvalue weighted by Crippen LogP contribution is 2.58. The Kier molecular flexibility index (Phi) is 5.89. The van der Waals surface area contributed by atoms with Crippen LogP contribution in [0.2, 0.25) is 0 Å². The first kappa shape index (κ1) is 23.8. The number of hydrogen-bond donors (Lipinski definition) is 3. The predicted molar refractivity (Wildman–Crippen MR) is 123 cm³/mol. The van der Waals surface area contributed by atoms with E-state index in [4.69, 9.17) is 4.42 Å². The number of sulfone groups is 1. The molecule has 0 spiro atoms. The fourth-order valence-corrected chi connectivity index (χ4v) is 7.65. The highest BCUT2D eigenvalue weighted by molar-refractivity contribution is 7.92. The van der Waals surface area contributed by atoms with Gasteiger partial charge >= 0.3 is 5.76 Å². The third kappa shape index (κ3) is 3.91. The Morgan fingerprint density at radius 1 is 1.20 bits per heavy atom. The lowest BCUT2D eigenvalue weighted by molar-refractivity contribution is 0.260. The molecular formula is C24H25F2N3O5S. The van der Waals surface area contributed by atoms with Gasteiger partial charge in [-0.05, 0) is 43.0 Å². The van der Waals surface area contributed by atoms with Gasteiger partial charge in [-0.3, -0.25) is 0 Å². The average Bonchev–Trinajstić information content (AvgIpc) is 3.41. The molecule has 5 rings (SSSR count). The van der Waals surface area contributed by atoms with Crippen molar-refractivity contribution in [3.8, 4) is 0 Å². The van der Waals surface area contributed by atoms with Crippen molar-refractivity contribution < 1.29 is 26.7 Å². The highest BCUT2D eigenvalue weighted by Gasteiger charge is 2.61. The van der Waals surface area contributed by atoms with Crippen molar-refractivity contribution in [1.29, 1.82) is 0 Å². The minimum Gasteiger partial charge on any atom is -0.396 e. The van der Waals surface area contributed by atoms with Gasteiger partial charge in [0.25, 0.3) is 0 Å². The van der Waals surface area contributed by atoms with Crippen LogP contribution in [0.3, 0.4) is 0 Å². The van der Waals surface area contributed by atoms with Crippen molar-refractivity contribution in [2.45, 2.75) is 41.7 Å². The molecule has 8 nitrogen and oxygen atoms in total. The Balaban J connectivity index is 1.49. The Hall–Kier alpha value is -2.89. The molecule has 1 aromatic heterocycles. The first-order valence-electron chi connectivity index (χ1n) is 11.3. The number of nitrogens with one attached hydrogen (secondary N) is 2. The number of halogens is 2. The summed E-state index contributed by atoms with van der Waals surface area (Å²) in [6.45, 7) is 1.63. The van der Waals surface area contributed by atoms with Crippen molar-refractivity contribution in [3.05, 3.63) is 87.2 Å². The first-order valence-corrected chi connectivity index (χ1v) is 13.0. The molecule has 0 radical (unpaired) electrons. The van der Waals surface area contributed by atoms with Crippen LogP contribution >= 0.6 is 0 Å². The van der Waals surface area contributed by atoms with Gasteiger partial charge in [-0.15, -0.1) is 5.10 Å². The zero-order valence-corrected chi connectivity index (χ0v) is 19.7. The smallest absolute Gasteiger partial charge is 0.396 e. The number of nitrogens with zero attached hydrogens (tertiary/aromatic N) is 1. The molecule has 11 heteroatoms. The summed E-state index contributed by atoms with van der Waals surface area (Å²) in [5.41, 5.74) is -0.776. The molecule has 2 aliphatic rings. The van der Waals surface area contributed by atoms with Crippen LogP contribution in [-0.2, 0) is 21.7 Å². The first-order chi connectivity index (χ1) is 16.7. The van der Waals surface area contributed by atoms with E-state index < -0.39 is 55.1 Å². The van der Waals surface area contributed by atoms with Gasteiger partial charge in [-0.25, -0.2) is 27.1 Å². The third-order valence-corrected chi connectivity index (χ3v) is 10.0. The van der Waals surface area contributed by atoms with E-state index in [0.29, 0.717) is 5.56 Å². The summed E-state index contributed by atoms with van der Waals surface area (Å²) in [7, 11) is -3.72. The van der Waals surface area contributed by atoms with Crippen LogP contribution < -0.4 is 11.1 Å². The maximum Gasteiger partial charge on any atom is 0.434 e. The Labute approximate surface area is 200 Å². The summed E-state index contributed by atoms with van der Waals surface area (Å²) in [6, 6.07) is 10.3. The molecule has 3 N–H and O–H groups in total. The largest absolute Gasteiger partial charge is 0.434 e. The van der Waals surface area contributed by atoms with Crippen molar-refractivity contribution >= 4 is 9.84 Å². The summed E-state index contributed by atoms with van der Waals surface area (Å²) >= 11 is 0. The third-order valence-electron chi connectivity index (χ3n) is 7.36. The molecule has 1 aliphatic carbocycles. The van der Waals surface area contributed by atoms with Gasteiger partial charge in [0.05, 0.1) is 15.9 Å². The molecule has 2 heterocycles. The number of rotatable bonds is 6. The highest BCUT2D eigenvalue weighted by atomic mass is 32.2. The second-order valence-corrected chi connectivity index (χ2v) is 11.7. The molecular weight excluding hydrogens is 480 g/mol. The van der Waals surface area contributed by atoms with Gasteiger partial charge in [0, 0.05) is 30.7 Å². The lowest BCUT2D eigenvalue weighted by Crippen LogP contribution is -2.53. The standard InChI is InChI=1S/C24H25F2N3O5S/c1-13-20(35(32,33)21(11-27-13)14-5-3-2-4-6-14)8-15-7-19(26)17(9-18(15)25)24(10-16(24)12-30)22-28-29-23(31)34-22/h2-7,9,13,16,20-21,27,30H,8,10-12H2,1H3,(H,29,31)/t13-,16+,20?,21-,24-/m0/s1. The number of aliphatic hydroxyl groups is 1. The second-order valence-electron chi connectivity index (χ2n) is 9.32. The molecule has 0 bridgehead atoms. The van der Waals surface area contributed by atoms with Gasteiger partial charge in [-0.2, -0.15) is 0 Å². The minimum atomic E-state index is -3.72. The fourth-order valence-electron chi connectivity index (χ4n) is 5.29. The van der Waals surface area contributed by atoms with Gasteiger partial charge < -0.3 is 14.8 Å². The molecule has 2 aromatic carbocycles. The van der Waals surface area contributed by atoms with Crippen molar-refractivity contribution in [3.63, 3.8) is 0 Å². The molecule has 35 heavy (non-hydrogen) atoms. The maximum atomic E-state index is 15.4. The Bertz CT molecular complexity index is 1410. The van der Waals surface area contributed by atoms with Crippen LogP contribution in [-0.4, -0.2) is 48.2 Å². The van der Waals surface area contributed by atoms with E-state index in [1.54, 1.807) is 37.3 Å². The van der Waals surface area contributed by atoms with E-state index in [0.717, 1.165) is 12.1 Å². The van der Waals surface area contributed by atoms with Crippen LogP contribution in [0.1, 0.15) is 41.2 Å². The van der Waals surface area contributed by atoms with E-state index in [1.165, 1.54) is 0 Å². The number of benzene rings is 2. The SMILES string of the molecule is C[C@@H]1NC[C@@H](c2ccccc2)S(=O)(=O)C1Cc1cc(F)c([C@]2(c3n[nH]c(=O)o3)C[C@@H]2CO)cc1F. The van der Waals surface area contributed by atoms with Crippen molar-refractivity contribution in [2.75, 3.05) is 13.2 Å². The average molecular weight is 506 g/mol. The summed E-state index contributed by atoms with van der Waals surface area (Å²) in [6.07, 6.45) is 0.0144. The number of H-pyrrole nitrogens is 1. The number of hydrogen-bond acceptors (Lipinski definition) is 7. The Morgan fingerprint density at radius 2 is 1.94 bits per heavy atom. The molecule has 186 valence electrons. The molecule has 2 fully saturated rings. The number of aliphatic hydroxyl groups excluding tert-OH is 1. The molecule has 1 aliphatic heterocycles. The molecule has 1 unspecified atom stereocenters. The minimum absolute atomic E-state index is 0.0676. The van der Waals surface area contributed by atoms with Crippen LogP contribution in [0, 0.1) is 17.6 Å². The van der Waals surface area contributed by atoms with E-state index >= 15 is 8.78 Å². The van der Waals surface area contributed by atoms with Gasteiger partial charge in [0.2, 0.25) is 5.89 Å². The van der Waals surface area contributed by atoms with Crippen molar-refractivity contribution in [1.82, 2.24) is 15.5 Å². The van der Waals surface area contributed by atoms with Gasteiger partial charge in [0.1, 0.15) is 11.6 Å². The van der Waals surface area contributed by atoms with Gasteiger partial charge in [0.15, 0.2) is 9.84 Å². The van der Waals surface area contributed by atoms with Crippen LogP contribution in [0.4, 0.5) is 8.78 Å². The molecule has 5 atom stereocenters. The molecule has 1 saturated carbocycles. The quantitative estimate of drug-likeness (QED) is 0.468. The van der Waals surface area contributed by atoms with Crippen molar-refractivity contribution in [2.24, 2.45) is 5.92 Å². The normalized spacial score (nSPS) is 29.7. The molecule has 1 saturated heterocycles. The predicted octanol–water partition coefficient (Wildman–Crippen LogP) is 2.00. The number of aromatic nitrogens is 2. The van der Waals surface area contributed by atoms with Crippen LogP contribution in [0.25, 0.3) is 0 Å². The summed E-state index contributed by atoms with van der Waals surface area (Å²) in [5, 5.41) is 17.0. The molecule has 3 aromatic rings. The number of aromatic amines is 1. The second kappa shape index (κ2) is 8.65. The summed E-state index contributed by atoms with van der Waals surface area (Å²) in [5.74, 6) is -3.01. The zero-order valence-electron chi connectivity index (χ0n) is 18.9. The van der Waals surface area contributed by atoms with E-state index in [1.807, 2.05) is 0 Å². The van der Waals surface area contributed by atoms with E-state index in [2.05, 4.69) is 15.5 Å². The summed E-state index contributed by atoms with van der Waals surface area (Å²) < 4.78 is 62.7. The van der Waals surface area contributed by atoms with Crippen LogP contribution in [0.5, 0.6) is 0 Å². The van der Waals surface area contributed by atoms with E-state index in [9.17, 15) is 18.3 Å². The summed E-state index contributed by atoms with van der Waals surface area (Å²) in [4.78, 5) is 11.5. The fraction of sp³-hybridized carbons (Fsp3) is 0.417. The van der Waals surface area contributed by atoms with Gasteiger partial charge in [-0.1, -0.05) is 30.3 Å². The van der Waals surface area contributed by atoms with E-state index in [-0.39, 0.29) is 43.0 Å². The molecule has 0 amide bonds. The monoisotopic (exact) mass is 505 g/mol. The topological polar surface area (TPSA) is 125 Å². The maximum absolute atomic E-state index is 15.4. The zero-order chi connectivity index (χ0) is 25.0. The van der Waals surface area contributed by atoms with Crippen LogP contribution in [0.15, 0.2) is 51.7 Å². The lowest BCUT2D eigenvalue weighted by Gasteiger charge is -2.35. The lowest BCUT2D eigenvalue weighted by atomic mass is 9.90. The Morgan fingerprint density at radius 3 is 2.57 bits per heavy atom.